The molecule has 130 heavy (non-hydrogen) atoms. The zero-order chi connectivity index (χ0) is 90.0. The molecule has 17 aromatic carbocycles. The van der Waals surface area contributed by atoms with Gasteiger partial charge in [-0.25, -0.2) is 19.9 Å². The summed E-state index contributed by atoms with van der Waals surface area (Å²) in [5.41, 5.74) is 3.80. The number of hydrogen-bond acceptors (Lipinski definition) is 24. The second kappa shape index (κ2) is 35.9. The molecule has 21 rings (SSSR count). The number of phenols is 8. The minimum absolute atomic E-state index is 0.117. The summed E-state index contributed by atoms with van der Waals surface area (Å²) in [6.07, 6.45) is 0.300. The van der Waals surface area contributed by atoms with Crippen molar-refractivity contribution in [3.05, 3.63) is 291 Å². The van der Waals surface area contributed by atoms with Crippen LogP contribution in [0.15, 0.2) is 291 Å². The molecule has 0 saturated heterocycles. The van der Waals surface area contributed by atoms with Gasteiger partial charge in [-0.15, -0.1) is 0 Å². The summed E-state index contributed by atoms with van der Waals surface area (Å²) in [6, 6.07) is 92.4. The van der Waals surface area contributed by atoms with E-state index in [9.17, 15) is 40.9 Å². The van der Waals surface area contributed by atoms with Crippen LogP contribution in [0, 0.1) is 0 Å². The average Bonchev–Trinajstić information content (AvgIpc) is 0.771. The van der Waals surface area contributed by atoms with Gasteiger partial charge in [-0.05, 0) is 230 Å². The summed E-state index contributed by atoms with van der Waals surface area (Å²) in [6.45, 7) is 13.7. The molecule has 21 aromatic rings. The van der Waals surface area contributed by atoms with Crippen LogP contribution in [-0.4, -0.2) is 126 Å². The summed E-state index contributed by atoms with van der Waals surface area (Å²) in [5.74, 6) is 1.20. The molecule has 0 amide bonds. The molecular weight excluding hydrogens is 1630 g/mol. The monoisotopic (exact) mass is 1720 g/mol. The van der Waals surface area contributed by atoms with Gasteiger partial charge >= 0.3 is 24.0 Å². The molecule has 0 spiro atoms. The van der Waals surface area contributed by atoms with Crippen molar-refractivity contribution in [2.75, 3.05) is 6.61 Å². The lowest BCUT2D eigenvalue weighted by atomic mass is 9.92. The van der Waals surface area contributed by atoms with Crippen LogP contribution in [0.4, 0.5) is 0 Å². The van der Waals surface area contributed by atoms with E-state index in [1.807, 2.05) is 176 Å². The van der Waals surface area contributed by atoms with Crippen molar-refractivity contribution in [3.63, 3.8) is 0 Å². The Morgan fingerprint density at radius 1 is 0.223 bits per heavy atom. The van der Waals surface area contributed by atoms with Gasteiger partial charge in [0.15, 0.2) is 46.6 Å². The number of rotatable bonds is 17. The fourth-order valence-electron chi connectivity index (χ4n) is 15.9. The molecular formula is C106H84N12O12. The summed E-state index contributed by atoms with van der Waals surface area (Å²) in [4.78, 5) is 54.3. The predicted octanol–water partition coefficient (Wildman–Crippen LogP) is 23.4. The molecule has 0 aliphatic heterocycles. The summed E-state index contributed by atoms with van der Waals surface area (Å²) in [7, 11) is 0. The average molecular weight is 1720 g/mol. The third-order valence-electron chi connectivity index (χ3n) is 21.6. The van der Waals surface area contributed by atoms with Gasteiger partial charge in [0.1, 0.15) is 68.2 Å². The Labute approximate surface area is 744 Å². The molecule has 0 atom stereocenters. The second-order valence-electron chi connectivity index (χ2n) is 31.7. The van der Waals surface area contributed by atoms with Gasteiger partial charge in [0.2, 0.25) is 0 Å². The van der Waals surface area contributed by atoms with Crippen molar-refractivity contribution >= 4 is 97.0 Å². The van der Waals surface area contributed by atoms with Crippen LogP contribution in [0.5, 0.6) is 70.0 Å². The normalized spacial score (nSPS) is 11.4. The van der Waals surface area contributed by atoms with Crippen molar-refractivity contribution in [2.24, 2.45) is 0 Å². The fraction of sp³-hybridized carbons (Fsp3) is 0.113. The first-order chi connectivity index (χ1) is 63.1. The van der Waals surface area contributed by atoms with Crippen molar-refractivity contribution in [2.45, 2.75) is 73.2 Å². The van der Waals surface area contributed by atoms with E-state index in [0.717, 1.165) is 104 Å². The maximum absolute atomic E-state index is 10.4. The topological polar surface area (TPSA) is 353 Å². The zero-order valence-electron chi connectivity index (χ0n) is 71.4. The smallest absolute Gasteiger partial charge is 0.320 e. The highest BCUT2D eigenvalue weighted by molar-refractivity contribution is 6.25. The molecule has 0 aliphatic carbocycles. The molecule has 4 heterocycles. The van der Waals surface area contributed by atoms with Gasteiger partial charge in [-0.3, -0.25) is 0 Å². The minimum Gasteiger partial charge on any atom is -0.507 e. The second-order valence-corrected chi connectivity index (χ2v) is 31.7. The summed E-state index contributed by atoms with van der Waals surface area (Å²) < 4.78 is 23.1. The maximum Gasteiger partial charge on any atom is 0.320 e. The number of fused-ring (bicyclic) bond motifs is 7. The van der Waals surface area contributed by atoms with E-state index in [0.29, 0.717) is 29.9 Å². The van der Waals surface area contributed by atoms with E-state index in [1.54, 1.807) is 24.3 Å². The van der Waals surface area contributed by atoms with E-state index in [-0.39, 0.29) is 134 Å². The van der Waals surface area contributed by atoms with Crippen LogP contribution in [0.1, 0.15) is 54.9 Å². The fourth-order valence-corrected chi connectivity index (χ4v) is 15.9. The van der Waals surface area contributed by atoms with Crippen LogP contribution in [-0.2, 0) is 0 Å². The molecule has 24 heteroatoms. The first-order valence-corrected chi connectivity index (χ1v) is 42.3. The predicted molar refractivity (Wildman–Crippen MR) is 508 cm³/mol. The van der Waals surface area contributed by atoms with Crippen molar-refractivity contribution in [3.8, 4) is 161 Å². The van der Waals surface area contributed by atoms with E-state index < -0.39 is 0 Å². The van der Waals surface area contributed by atoms with E-state index in [4.69, 9.17) is 18.9 Å². The molecule has 4 aromatic heterocycles. The zero-order valence-corrected chi connectivity index (χ0v) is 71.4. The van der Waals surface area contributed by atoms with Gasteiger partial charge in [-0.1, -0.05) is 213 Å². The Kier molecular flexibility index (Phi) is 23.2. The number of phenolic OH excluding ortho intramolecular Hbond substituents is 8. The molecule has 24 nitrogen and oxygen atoms in total. The van der Waals surface area contributed by atoms with Gasteiger partial charge in [0, 0.05) is 22.3 Å². The van der Waals surface area contributed by atoms with Gasteiger partial charge in [0.25, 0.3) is 0 Å². The molecule has 0 fully saturated rings. The van der Waals surface area contributed by atoms with E-state index in [1.165, 1.54) is 70.1 Å². The SMILES string of the molecule is CC(C)Oc1nc(-c2c(O)cccc2O)nc(-c2c3ccccc3cc3ccccc23)n1.CC(C)Oc1nc(-c2c(O)cccc2O)nc(-c2cc3ccccc3c3ccccc23)n1.CC(C)Oc1nc(-c2c(O)cccc2O)nc(-c2ccc3ccc4cccc5ccc2c3c45)n1.CCCOc1nc(-c2ccc3cc4ccccc4cc3c2)nc(-c2c(O)cccc2O)n1. The van der Waals surface area contributed by atoms with Gasteiger partial charge < -0.3 is 59.8 Å². The molecule has 0 bridgehead atoms. The largest absolute Gasteiger partial charge is 0.507 e. The third-order valence-corrected chi connectivity index (χ3v) is 21.6. The Hall–Kier alpha value is -17.0. The van der Waals surface area contributed by atoms with Crippen LogP contribution in [0.2, 0.25) is 0 Å². The first kappa shape index (κ1) is 83.9. The Bertz CT molecular complexity index is 7750. The highest BCUT2D eigenvalue weighted by atomic mass is 16.5. The lowest BCUT2D eigenvalue weighted by molar-refractivity contribution is 0.221. The van der Waals surface area contributed by atoms with Gasteiger partial charge in [-0.2, -0.15) is 39.9 Å². The van der Waals surface area contributed by atoms with Crippen LogP contribution >= 0.6 is 0 Å². The molecule has 0 unspecified atom stereocenters. The van der Waals surface area contributed by atoms with Crippen molar-refractivity contribution < 1.29 is 59.8 Å². The number of aromatic hydroxyl groups is 8. The number of hydrogen-bond donors (Lipinski definition) is 8. The Morgan fingerprint density at radius 2 is 0.538 bits per heavy atom. The minimum atomic E-state index is -0.166. The Balaban J connectivity index is 0.000000117. The van der Waals surface area contributed by atoms with Crippen molar-refractivity contribution in [1.82, 2.24) is 59.8 Å². The summed E-state index contributed by atoms with van der Waals surface area (Å²) in [5, 5.41) is 103. The third kappa shape index (κ3) is 17.1. The maximum atomic E-state index is 10.4. The lowest BCUT2D eigenvalue weighted by Gasteiger charge is -2.15. The number of ether oxygens (including phenoxy) is 4. The van der Waals surface area contributed by atoms with Crippen LogP contribution < -0.4 is 18.9 Å². The molecule has 8 N–H and O–H groups in total. The van der Waals surface area contributed by atoms with Crippen LogP contribution in [0.25, 0.3) is 188 Å². The highest BCUT2D eigenvalue weighted by Gasteiger charge is 2.27. The molecule has 0 aliphatic rings. The number of nitrogens with zero attached hydrogens (tertiary/aromatic N) is 12. The van der Waals surface area contributed by atoms with E-state index >= 15 is 0 Å². The summed E-state index contributed by atoms with van der Waals surface area (Å²) >= 11 is 0. The molecule has 0 radical (unpaired) electrons. The molecule has 0 saturated carbocycles. The van der Waals surface area contributed by atoms with Gasteiger partial charge in [0.05, 0.1) is 24.9 Å². The number of benzene rings is 17. The highest BCUT2D eigenvalue weighted by Crippen LogP contribution is 2.46. The quantitative estimate of drug-likeness (QED) is 0.0310. The molecule has 640 valence electrons. The Morgan fingerprint density at radius 3 is 1.01 bits per heavy atom. The lowest BCUT2D eigenvalue weighted by Crippen LogP contribution is -2.10. The standard InChI is InChI=1S/C28H21N3O3.3C26H21N3O3/c1-15(2)34-28-30-26(29-27(31-28)25-21(32)7-4-8-22(25)33)20-14-12-18-10-9-16-5-3-6-17-11-13-19(20)24(18)23(16)17;1-15(2)32-26-28-24(27-25(29-26)23-20(30)12-7-13-21(23)31)22-18-10-5-3-8-16(18)14-17-9-4-6-11-19(17)22;1-15(2)32-26-28-24(27-25(29-26)23-21(30)12-7-13-22(23)31)20-14-16-8-3-4-9-17(16)18-10-5-6-11-19(18)20;1-2-12-32-26-28-24(27-25(29-26)23-21(30)8-5-9-22(23)31)19-11-10-18-13-16-6-3-4-7-17(16)14-20(18)15-19/h3-15,32-33H,1-2H3;2*3-15,30-31H,1-2H3;3-11,13-15,30-31H,2,12H2,1H3. The first-order valence-electron chi connectivity index (χ1n) is 42.3. The number of aromatic nitrogens is 12. The van der Waals surface area contributed by atoms with E-state index in [2.05, 4.69) is 151 Å². The van der Waals surface area contributed by atoms with Crippen LogP contribution in [0.3, 0.4) is 0 Å². The van der Waals surface area contributed by atoms with Crippen molar-refractivity contribution in [1.29, 1.82) is 0 Å².